The quantitative estimate of drug-likeness (QED) is 0.0308. The minimum absolute atomic E-state index is 0.0725. The molecule has 1 atom stereocenters. The molecule has 0 saturated heterocycles. The molecular formula is C36H43NO8. The molecule has 0 aliphatic carbocycles. The summed E-state index contributed by atoms with van der Waals surface area (Å²) in [5, 5.41) is 11.7. The van der Waals surface area contributed by atoms with Crippen LogP contribution in [0.4, 0.5) is 5.69 Å². The summed E-state index contributed by atoms with van der Waals surface area (Å²) in [6, 6.07) is 18.9. The van der Waals surface area contributed by atoms with Crippen LogP contribution >= 0.6 is 0 Å². The average Bonchev–Trinajstić information content (AvgIpc) is 3.05. The van der Waals surface area contributed by atoms with Crippen molar-refractivity contribution in [3.8, 4) is 28.4 Å². The van der Waals surface area contributed by atoms with Gasteiger partial charge in [-0.3, -0.25) is 10.1 Å². The maximum Gasteiger partial charge on any atom is 0.343 e. The molecule has 0 heterocycles. The number of nitro groups is 1. The summed E-state index contributed by atoms with van der Waals surface area (Å²) >= 11 is 0. The Morgan fingerprint density at radius 2 is 1.47 bits per heavy atom. The van der Waals surface area contributed by atoms with Crippen molar-refractivity contribution in [2.75, 3.05) is 13.2 Å². The number of hydrogen-bond acceptors (Lipinski definition) is 8. The predicted molar refractivity (Wildman–Crippen MR) is 174 cm³/mol. The molecule has 9 heteroatoms. The Kier molecular flexibility index (Phi) is 14.6. The molecule has 0 spiro atoms. The van der Waals surface area contributed by atoms with E-state index in [1.165, 1.54) is 18.2 Å². The zero-order valence-electron chi connectivity index (χ0n) is 26.2. The number of hydrogen-bond donors (Lipinski definition) is 0. The Balaban J connectivity index is 1.48. The van der Waals surface area contributed by atoms with Gasteiger partial charge in [-0.1, -0.05) is 57.0 Å². The zero-order chi connectivity index (χ0) is 32.4. The van der Waals surface area contributed by atoms with Gasteiger partial charge in [0.1, 0.15) is 11.5 Å². The molecule has 0 aliphatic rings. The van der Waals surface area contributed by atoms with Crippen LogP contribution in [-0.4, -0.2) is 36.2 Å². The summed E-state index contributed by atoms with van der Waals surface area (Å²) in [5.41, 5.74) is 1.95. The van der Waals surface area contributed by atoms with Crippen molar-refractivity contribution in [1.82, 2.24) is 0 Å². The molecule has 45 heavy (non-hydrogen) atoms. The van der Waals surface area contributed by atoms with Crippen molar-refractivity contribution < 1.29 is 33.5 Å². The van der Waals surface area contributed by atoms with E-state index in [2.05, 4.69) is 13.5 Å². The molecule has 0 radical (unpaired) electrons. The van der Waals surface area contributed by atoms with Gasteiger partial charge in [0.15, 0.2) is 5.75 Å². The van der Waals surface area contributed by atoms with E-state index in [0.717, 1.165) is 80.7 Å². The maximum absolute atomic E-state index is 12.8. The molecule has 0 fully saturated rings. The number of unbranched alkanes of at least 4 members (excludes halogenated alkanes) is 6. The molecule has 240 valence electrons. The van der Waals surface area contributed by atoms with Gasteiger partial charge in [-0.05, 0) is 93.0 Å². The average molecular weight is 618 g/mol. The molecule has 9 nitrogen and oxygen atoms in total. The highest BCUT2D eigenvalue weighted by Gasteiger charge is 2.20. The number of nitro benzene ring substituents is 1. The summed E-state index contributed by atoms with van der Waals surface area (Å²) < 4.78 is 22.1. The molecule has 3 rings (SSSR count). The van der Waals surface area contributed by atoms with Crippen LogP contribution in [0.2, 0.25) is 0 Å². The molecule has 0 bridgehead atoms. The first kappa shape index (κ1) is 34.8. The van der Waals surface area contributed by atoms with Gasteiger partial charge >= 0.3 is 17.6 Å². The highest BCUT2D eigenvalue weighted by Crippen LogP contribution is 2.33. The van der Waals surface area contributed by atoms with Crippen LogP contribution < -0.4 is 14.2 Å². The van der Waals surface area contributed by atoms with Crippen molar-refractivity contribution in [2.45, 2.75) is 77.7 Å². The van der Waals surface area contributed by atoms with E-state index in [-0.39, 0.29) is 23.3 Å². The van der Waals surface area contributed by atoms with E-state index in [4.69, 9.17) is 18.9 Å². The molecule has 0 aromatic heterocycles. The minimum Gasteiger partial charge on any atom is -0.494 e. The van der Waals surface area contributed by atoms with Crippen molar-refractivity contribution in [3.05, 3.63) is 95.1 Å². The van der Waals surface area contributed by atoms with Crippen LogP contribution in [0.1, 0.15) is 82.0 Å². The van der Waals surface area contributed by atoms with E-state index >= 15 is 0 Å². The van der Waals surface area contributed by atoms with Gasteiger partial charge in [0.05, 0.1) is 35.9 Å². The molecule has 0 N–H and O–H groups in total. The Bertz CT molecular complexity index is 1390. The topological polar surface area (TPSA) is 114 Å². The molecule has 0 unspecified atom stereocenters. The fraction of sp³-hybridized carbons (Fsp3) is 0.389. The molecule has 0 aliphatic heterocycles. The lowest BCUT2D eigenvalue weighted by Crippen LogP contribution is -2.13. The summed E-state index contributed by atoms with van der Waals surface area (Å²) in [4.78, 5) is 35.0. The van der Waals surface area contributed by atoms with Crippen LogP contribution in [0, 0.1) is 10.1 Å². The number of carbonyl (C=O) groups is 2. The number of ether oxygens (including phenoxy) is 4. The molecule has 3 aromatic rings. The van der Waals surface area contributed by atoms with Gasteiger partial charge in [-0.15, -0.1) is 0 Å². The highest BCUT2D eigenvalue weighted by atomic mass is 16.6. The van der Waals surface area contributed by atoms with Gasteiger partial charge in [0.25, 0.3) is 0 Å². The van der Waals surface area contributed by atoms with E-state index in [9.17, 15) is 19.7 Å². The lowest BCUT2D eigenvalue weighted by atomic mass is 10.0. The van der Waals surface area contributed by atoms with Gasteiger partial charge in [0.2, 0.25) is 0 Å². The lowest BCUT2D eigenvalue weighted by Gasteiger charge is -2.15. The first-order valence-corrected chi connectivity index (χ1v) is 15.6. The summed E-state index contributed by atoms with van der Waals surface area (Å²) in [7, 11) is 0. The second-order valence-electron chi connectivity index (χ2n) is 10.8. The maximum atomic E-state index is 12.8. The zero-order valence-corrected chi connectivity index (χ0v) is 26.2. The number of nitrogens with zero attached hydrogens (tertiary/aromatic N) is 1. The number of esters is 2. The SMILES string of the molecule is C=CC(=O)OCCCCCCOc1ccc(-c2ccc(C(=O)Oc3ccc(O[C@@H](C)CCCCCC)c([N+](=O)[O-])c3)cc2)cc1. The van der Waals surface area contributed by atoms with E-state index < -0.39 is 16.9 Å². The second kappa shape index (κ2) is 18.9. The fourth-order valence-electron chi connectivity index (χ4n) is 4.62. The molecular weight excluding hydrogens is 574 g/mol. The van der Waals surface area contributed by atoms with Crippen molar-refractivity contribution in [3.63, 3.8) is 0 Å². The largest absolute Gasteiger partial charge is 0.494 e. The highest BCUT2D eigenvalue weighted by molar-refractivity contribution is 5.91. The van der Waals surface area contributed by atoms with Gasteiger partial charge in [-0.25, -0.2) is 9.59 Å². The molecule has 0 saturated carbocycles. The van der Waals surface area contributed by atoms with E-state index in [1.54, 1.807) is 12.1 Å². The van der Waals surface area contributed by atoms with Crippen LogP contribution in [0.15, 0.2) is 79.4 Å². The van der Waals surface area contributed by atoms with Gasteiger partial charge in [0, 0.05) is 6.08 Å². The van der Waals surface area contributed by atoms with Crippen LogP contribution in [0.25, 0.3) is 11.1 Å². The van der Waals surface area contributed by atoms with E-state index in [0.29, 0.717) is 18.8 Å². The second-order valence-corrected chi connectivity index (χ2v) is 10.8. The first-order valence-electron chi connectivity index (χ1n) is 15.6. The van der Waals surface area contributed by atoms with Crippen molar-refractivity contribution in [2.24, 2.45) is 0 Å². The number of rotatable bonds is 20. The van der Waals surface area contributed by atoms with Crippen LogP contribution in [-0.2, 0) is 9.53 Å². The monoisotopic (exact) mass is 617 g/mol. The van der Waals surface area contributed by atoms with Crippen LogP contribution in [0.5, 0.6) is 17.2 Å². The molecule has 3 aromatic carbocycles. The van der Waals surface area contributed by atoms with Gasteiger partial charge in [-0.2, -0.15) is 0 Å². The third kappa shape index (κ3) is 12.1. The third-order valence-corrected chi connectivity index (χ3v) is 7.16. The third-order valence-electron chi connectivity index (χ3n) is 7.16. The lowest BCUT2D eigenvalue weighted by molar-refractivity contribution is -0.386. The standard InChI is InChI=1S/C36H43NO8/c1-4-6-7-10-13-27(3)44-34-23-22-32(26-33(34)37(40)41)45-36(39)30-16-14-28(15-17-30)29-18-20-31(21-19-29)42-24-11-8-9-12-25-43-35(38)5-2/h5,14-23,26-27H,2,4,6-13,24-25H2,1,3H3/t27-/m0/s1. The minimum atomic E-state index is -0.615. The smallest absolute Gasteiger partial charge is 0.343 e. The van der Waals surface area contributed by atoms with Crippen LogP contribution in [0.3, 0.4) is 0 Å². The Morgan fingerprint density at radius 3 is 2.11 bits per heavy atom. The summed E-state index contributed by atoms with van der Waals surface area (Å²) in [6.07, 6.45) is 9.85. The van der Waals surface area contributed by atoms with Crippen molar-refractivity contribution >= 4 is 17.6 Å². The normalized spacial score (nSPS) is 11.3. The molecule has 0 amide bonds. The Hall–Kier alpha value is -4.66. The van der Waals surface area contributed by atoms with E-state index in [1.807, 2.05) is 43.3 Å². The summed E-state index contributed by atoms with van der Waals surface area (Å²) in [6.45, 7) is 8.42. The number of carbonyl (C=O) groups excluding carboxylic acids is 2. The predicted octanol–water partition coefficient (Wildman–Crippen LogP) is 8.89. The summed E-state index contributed by atoms with van der Waals surface area (Å²) in [5.74, 6) is -0.00912. The Morgan fingerprint density at radius 1 is 0.844 bits per heavy atom. The van der Waals surface area contributed by atoms with Crippen molar-refractivity contribution in [1.29, 1.82) is 0 Å². The fourth-order valence-corrected chi connectivity index (χ4v) is 4.62. The van der Waals surface area contributed by atoms with Gasteiger partial charge < -0.3 is 18.9 Å². The Labute approximate surface area is 265 Å². The number of benzene rings is 3. The first-order chi connectivity index (χ1) is 21.8.